The molecule has 0 amide bonds. The maximum absolute atomic E-state index is 11.1. The zero-order valence-electron chi connectivity index (χ0n) is 9.14. The number of hydrogen-bond acceptors (Lipinski definition) is 4. The number of aryl methyl sites for hydroxylation is 1. The maximum Gasteiger partial charge on any atom is 0.307 e. The summed E-state index contributed by atoms with van der Waals surface area (Å²) in [6.07, 6.45) is 3.83. The molecule has 0 aliphatic heterocycles. The normalized spacial score (nSPS) is 25.6. The minimum atomic E-state index is -0.690. The molecule has 2 rings (SSSR count). The summed E-state index contributed by atoms with van der Waals surface area (Å²) in [4.78, 5) is 15.3. The van der Waals surface area contributed by atoms with E-state index in [1.54, 1.807) is 0 Å². The number of rotatable bonds is 3. The van der Waals surface area contributed by atoms with E-state index in [9.17, 15) is 4.79 Å². The Morgan fingerprint density at radius 1 is 1.50 bits per heavy atom. The Labute approximate surface area is 98.0 Å². The van der Waals surface area contributed by atoms with Crippen molar-refractivity contribution in [1.82, 2.24) is 15.2 Å². The molecule has 6 heteroatoms. The Hall–Kier alpha value is -1.04. The third-order valence-electron chi connectivity index (χ3n) is 2.85. The number of carbonyl (C=O) groups is 1. The molecule has 1 saturated carbocycles. The molecule has 0 bridgehead atoms. The van der Waals surface area contributed by atoms with Gasteiger partial charge in [-0.15, -0.1) is 5.10 Å². The molecule has 5 nitrogen and oxygen atoms in total. The SMILES string of the molecule is Cc1nc(SC2CCCCC2C(=O)O)n[nH]1. The van der Waals surface area contributed by atoms with E-state index in [4.69, 9.17) is 5.11 Å². The number of aromatic nitrogens is 3. The highest BCUT2D eigenvalue weighted by molar-refractivity contribution is 7.99. The van der Waals surface area contributed by atoms with E-state index in [1.807, 2.05) is 6.92 Å². The van der Waals surface area contributed by atoms with Crippen molar-refractivity contribution < 1.29 is 9.90 Å². The molecule has 1 heterocycles. The van der Waals surface area contributed by atoms with E-state index >= 15 is 0 Å². The smallest absolute Gasteiger partial charge is 0.307 e. The van der Waals surface area contributed by atoms with Crippen LogP contribution < -0.4 is 0 Å². The number of carboxylic acid groups (broad SMARTS) is 1. The van der Waals surface area contributed by atoms with Gasteiger partial charge in [-0.3, -0.25) is 9.89 Å². The number of thioether (sulfide) groups is 1. The molecule has 1 fully saturated rings. The van der Waals surface area contributed by atoms with Gasteiger partial charge in [0.15, 0.2) is 0 Å². The average Bonchev–Trinajstić information content (AvgIpc) is 2.64. The predicted molar refractivity (Wildman–Crippen MR) is 60.4 cm³/mol. The zero-order chi connectivity index (χ0) is 11.5. The van der Waals surface area contributed by atoms with Crippen molar-refractivity contribution >= 4 is 17.7 Å². The maximum atomic E-state index is 11.1. The molecule has 2 unspecified atom stereocenters. The van der Waals surface area contributed by atoms with Crippen molar-refractivity contribution in [2.24, 2.45) is 5.92 Å². The second kappa shape index (κ2) is 4.86. The highest BCUT2D eigenvalue weighted by Crippen LogP contribution is 2.36. The first-order valence-corrected chi connectivity index (χ1v) is 6.33. The molecule has 16 heavy (non-hydrogen) atoms. The van der Waals surface area contributed by atoms with Gasteiger partial charge in [0.05, 0.1) is 5.92 Å². The lowest BCUT2D eigenvalue weighted by atomic mass is 9.89. The first-order chi connectivity index (χ1) is 7.66. The fourth-order valence-electron chi connectivity index (χ4n) is 2.03. The van der Waals surface area contributed by atoms with Crippen molar-refractivity contribution in [1.29, 1.82) is 0 Å². The molecule has 1 aliphatic rings. The fraction of sp³-hybridized carbons (Fsp3) is 0.700. The lowest BCUT2D eigenvalue weighted by Gasteiger charge is -2.26. The van der Waals surface area contributed by atoms with Gasteiger partial charge in [-0.2, -0.15) is 0 Å². The van der Waals surface area contributed by atoms with Crippen molar-refractivity contribution in [3.05, 3.63) is 5.82 Å². The number of nitrogens with zero attached hydrogens (tertiary/aromatic N) is 2. The Bertz CT molecular complexity index is 380. The van der Waals surface area contributed by atoms with Crippen LogP contribution in [0.2, 0.25) is 0 Å². The number of carboxylic acids is 1. The molecule has 2 atom stereocenters. The van der Waals surface area contributed by atoms with Crippen molar-refractivity contribution in [2.45, 2.75) is 43.0 Å². The van der Waals surface area contributed by atoms with Gasteiger partial charge in [0, 0.05) is 5.25 Å². The van der Waals surface area contributed by atoms with Crippen LogP contribution in [0.4, 0.5) is 0 Å². The van der Waals surface area contributed by atoms with E-state index in [1.165, 1.54) is 11.8 Å². The summed E-state index contributed by atoms with van der Waals surface area (Å²) in [7, 11) is 0. The number of nitrogens with one attached hydrogen (secondary N) is 1. The number of H-pyrrole nitrogens is 1. The van der Waals surface area contributed by atoms with Gasteiger partial charge in [0.2, 0.25) is 5.16 Å². The minimum absolute atomic E-state index is 0.112. The zero-order valence-corrected chi connectivity index (χ0v) is 9.96. The van der Waals surface area contributed by atoms with Gasteiger partial charge < -0.3 is 5.11 Å². The van der Waals surface area contributed by atoms with Crippen molar-refractivity contribution in [3.8, 4) is 0 Å². The number of aliphatic carboxylic acids is 1. The third-order valence-corrected chi connectivity index (χ3v) is 4.11. The summed E-state index contributed by atoms with van der Waals surface area (Å²) in [5.41, 5.74) is 0. The molecule has 88 valence electrons. The number of hydrogen-bond donors (Lipinski definition) is 2. The first kappa shape index (κ1) is 11.4. The summed E-state index contributed by atoms with van der Waals surface area (Å²) in [5, 5.41) is 16.7. The molecule has 1 aromatic rings. The fourth-order valence-corrected chi connectivity index (χ4v) is 3.29. The molecule has 1 aliphatic carbocycles. The lowest BCUT2D eigenvalue weighted by Crippen LogP contribution is -2.29. The predicted octanol–water partition coefficient (Wildman–Crippen LogP) is 1.85. The molecule has 1 aromatic heterocycles. The first-order valence-electron chi connectivity index (χ1n) is 5.45. The van der Waals surface area contributed by atoms with Crippen LogP contribution in [-0.2, 0) is 4.79 Å². The van der Waals surface area contributed by atoms with Crippen LogP contribution in [0.15, 0.2) is 5.16 Å². The van der Waals surface area contributed by atoms with E-state index < -0.39 is 5.97 Å². The summed E-state index contributed by atoms with van der Waals surface area (Å²) in [6, 6.07) is 0. The van der Waals surface area contributed by atoms with Gasteiger partial charge >= 0.3 is 5.97 Å². The summed E-state index contributed by atoms with van der Waals surface area (Å²) < 4.78 is 0. The van der Waals surface area contributed by atoms with Crippen LogP contribution in [0.25, 0.3) is 0 Å². The van der Waals surface area contributed by atoms with Crippen LogP contribution in [0.1, 0.15) is 31.5 Å². The van der Waals surface area contributed by atoms with Crippen LogP contribution in [0, 0.1) is 12.8 Å². The van der Waals surface area contributed by atoms with Crippen LogP contribution >= 0.6 is 11.8 Å². The second-order valence-electron chi connectivity index (χ2n) is 4.09. The van der Waals surface area contributed by atoms with E-state index in [0.29, 0.717) is 5.16 Å². The largest absolute Gasteiger partial charge is 0.481 e. The molecular weight excluding hydrogens is 226 g/mol. The highest BCUT2D eigenvalue weighted by atomic mass is 32.2. The molecule has 0 saturated heterocycles. The lowest BCUT2D eigenvalue weighted by molar-refractivity contribution is -0.142. The van der Waals surface area contributed by atoms with Gasteiger partial charge in [-0.25, -0.2) is 4.98 Å². The Morgan fingerprint density at radius 2 is 2.25 bits per heavy atom. The molecule has 0 spiro atoms. The quantitative estimate of drug-likeness (QED) is 0.844. The Balaban J connectivity index is 2.03. The van der Waals surface area contributed by atoms with Crippen molar-refractivity contribution in [2.75, 3.05) is 0 Å². The summed E-state index contributed by atoms with van der Waals surface area (Å²) >= 11 is 1.49. The van der Waals surface area contributed by atoms with E-state index in [0.717, 1.165) is 31.5 Å². The van der Waals surface area contributed by atoms with E-state index in [2.05, 4.69) is 15.2 Å². The molecule has 2 N–H and O–H groups in total. The standard InChI is InChI=1S/C10H15N3O2S/c1-6-11-10(13-12-6)16-8-5-3-2-4-7(8)9(14)15/h7-8H,2-5H2,1H3,(H,14,15)(H,11,12,13). The highest BCUT2D eigenvalue weighted by Gasteiger charge is 2.32. The molecular formula is C10H15N3O2S. The minimum Gasteiger partial charge on any atom is -0.481 e. The van der Waals surface area contributed by atoms with Crippen LogP contribution in [0.5, 0.6) is 0 Å². The van der Waals surface area contributed by atoms with E-state index in [-0.39, 0.29) is 11.2 Å². The van der Waals surface area contributed by atoms with Gasteiger partial charge in [-0.05, 0) is 19.8 Å². The summed E-state index contributed by atoms with van der Waals surface area (Å²) in [5.74, 6) is -0.174. The van der Waals surface area contributed by atoms with Gasteiger partial charge in [0.25, 0.3) is 0 Å². The average molecular weight is 241 g/mol. The second-order valence-corrected chi connectivity index (χ2v) is 5.30. The van der Waals surface area contributed by atoms with Crippen LogP contribution in [0.3, 0.4) is 0 Å². The topological polar surface area (TPSA) is 78.9 Å². The Morgan fingerprint density at radius 3 is 2.88 bits per heavy atom. The third kappa shape index (κ3) is 2.55. The van der Waals surface area contributed by atoms with Crippen LogP contribution in [-0.4, -0.2) is 31.5 Å². The molecule has 0 aromatic carbocycles. The number of aromatic amines is 1. The van der Waals surface area contributed by atoms with Gasteiger partial charge in [0.1, 0.15) is 5.82 Å². The van der Waals surface area contributed by atoms with Crippen molar-refractivity contribution in [3.63, 3.8) is 0 Å². The monoisotopic (exact) mass is 241 g/mol. The summed E-state index contributed by atoms with van der Waals surface area (Å²) in [6.45, 7) is 1.84. The van der Waals surface area contributed by atoms with Gasteiger partial charge in [-0.1, -0.05) is 24.6 Å². The Kier molecular flexibility index (Phi) is 3.48. The molecule has 0 radical (unpaired) electrons.